The number of primary amides is 2. The fraction of sp³-hybridized carbons (Fsp3) is 0.315. The topological polar surface area (TPSA) is 568 Å². The summed E-state index contributed by atoms with van der Waals surface area (Å²) in [4.78, 5) is 212. The molecule has 0 bridgehead atoms. The molecule has 44 nitrogen and oxygen atoms in total. The first-order valence-electron chi connectivity index (χ1n) is 42.5. The lowest BCUT2D eigenvalue weighted by molar-refractivity contribution is -0.137. The summed E-state index contributed by atoms with van der Waals surface area (Å²) in [6.07, 6.45) is -3.44. The minimum Gasteiger partial charge on any atom is -0.444 e. The minimum atomic E-state index is -4.80. The van der Waals surface area contributed by atoms with Gasteiger partial charge in [0.2, 0.25) is 35.4 Å². The number of nitrogens with two attached hydrogens (primary N) is 2. The molecule has 14 rings (SSSR count). The molecule has 0 spiro atoms. The molecule has 2 saturated heterocycles. The van der Waals surface area contributed by atoms with Crippen LogP contribution in [-0.2, 0) is 42.9 Å². The molecule has 2 unspecified atom stereocenters. The van der Waals surface area contributed by atoms with E-state index in [1.807, 2.05) is 0 Å². The van der Waals surface area contributed by atoms with Crippen LogP contribution in [0.3, 0.4) is 0 Å². The number of oxazole rings is 2. The molecule has 2 fully saturated rings. The highest BCUT2D eigenvalue weighted by molar-refractivity contribution is 6.27. The summed E-state index contributed by atoms with van der Waals surface area (Å²) in [5.41, 5.74) is 11.9. The first kappa shape index (κ1) is 100.0. The Morgan fingerprint density at radius 3 is 1.35 bits per heavy atom. The highest BCUT2D eigenvalue weighted by Crippen LogP contribution is 2.37. The van der Waals surface area contributed by atoms with E-state index in [1.54, 1.807) is 74.8 Å². The summed E-state index contributed by atoms with van der Waals surface area (Å²) in [6.45, 7) is 4.27. The van der Waals surface area contributed by atoms with Crippen LogP contribution >= 0.6 is 0 Å². The van der Waals surface area contributed by atoms with Gasteiger partial charge in [-0.3, -0.25) is 92.5 Å². The lowest BCUT2D eigenvalue weighted by Gasteiger charge is -2.27. The Morgan fingerprint density at radius 1 is 0.511 bits per heavy atom. The second-order valence-corrected chi connectivity index (χ2v) is 32.1. The summed E-state index contributed by atoms with van der Waals surface area (Å²) in [5, 5.41) is 26.1. The number of carbonyl (C=O) groups excluding carboxylic acids is 15. The monoisotopic (exact) mass is 1930 g/mol. The molecule has 2 atom stereocenters. The molecule has 4 aliphatic rings. The predicted molar refractivity (Wildman–Crippen MR) is 474 cm³/mol. The number of hydrogen-bond acceptors (Lipinski definition) is 31. The normalized spacial score (nSPS) is 14.7. The largest absolute Gasteiger partial charge is 0.444 e. The average Bonchev–Trinajstić information content (AvgIpc) is 1.60. The van der Waals surface area contributed by atoms with Crippen molar-refractivity contribution in [2.45, 2.75) is 76.5 Å². The standard InChI is InChI=1S/C47H48F3N11O12.C42H40F3N11O10/c1-46(2,3)73-45(69)59(25-47(48,49)50)34-22-27(14-15-53-34)41-55-32(24-72-41)39(64)54-31-23-60(57-37(31)38(51)63)28-10-8-26(9-11-28)42(66)58(4)17-19-71-21-20-70-18-16-52-30-7-5-6-29-36(30)44(68)61(43(29)67)33-12-13-35(62)56-40(33)65;1-54(14-16-65-18-17-64-15-13-47-27-4-2-3-26-33(27)41(63)56(40(26)62)30-9-10-32(57)52-37(30)60)39(61)23-5-7-25(8-6-23)55-20-28(34(53-55)35(46)58)50-36(59)29-21-66-38(51-29)24-11-12-48-31(19-24)49-22-42(43,44)45/h5-11,14-15,22-24,33,52H,12-13,16-21,25H2,1-4H3,(H2,51,63)(H,54,64)(H,56,62,65);2-8,11-12,19-21,30,47H,9-10,13-18,22H2,1H3,(H2,46,58)(H,48,49)(H,50,59)(H,52,57,60). The van der Waals surface area contributed by atoms with Crippen molar-refractivity contribution < 1.29 is 131 Å². The molecule has 10 aromatic rings. The van der Waals surface area contributed by atoms with Crippen molar-refractivity contribution >= 4 is 123 Å². The van der Waals surface area contributed by atoms with Gasteiger partial charge in [0, 0.05) is 99.1 Å². The Balaban J connectivity index is 0.000000235. The molecule has 0 radical (unpaired) electrons. The maximum absolute atomic E-state index is 13.5. The predicted octanol–water partition coefficient (Wildman–Crippen LogP) is 7.06. The van der Waals surface area contributed by atoms with Crippen LogP contribution in [0.5, 0.6) is 0 Å². The van der Waals surface area contributed by atoms with Crippen molar-refractivity contribution in [3.8, 4) is 34.3 Å². The number of hydrogen-bond donors (Lipinski definition) is 9. The van der Waals surface area contributed by atoms with Gasteiger partial charge in [0.25, 0.3) is 59.1 Å². The maximum Gasteiger partial charge on any atom is 0.416 e. The van der Waals surface area contributed by atoms with Crippen molar-refractivity contribution in [3.05, 3.63) is 203 Å². The summed E-state index contributed by atoms with van der Waals surface area (Å²) in [5.74, 6) is -9.81. The maximum atomic E-state index is 13.5. The number of likely N-dealkylation sites (N-methyl/N-ethyl adjacent to an activating group) is 2. The van der Waals surface area contributed by atoms with E-state index in [9.17, 15) is 98.3 Å². The number of halogens is 6. The molecule has 0 aliphatic carbocycles. The third-order valence-corrected chi connectivity index (χ3v) is 21.0. The van der Waals surface area contributed by atoms with Gasteiger partial charge in [0.15, 0.2) is 22.8 Å². The fourth-order valence-corrected chi connectivity index (χ4v) is 14.3. The highest BCUT2D eigenvalue weighted by Gasteiger charge is 2.48. The Morgan fingerprint density at radius 2 is 0.935 bits per heavy atom. The average molecular weight is 1930 g/mol. The van der Waals surface area contributed by atoms with E-state index >= 15 is 0 Å². The molecule has 4 aliphatic heterocycles. The zero-order valence-electron chi connectivity index (χ0n) is 74.5. The number of piperidine rings is 2. The zero-order chi connectivity index (χ0) is 99.9. The first-order valence-corrected chi connectivity index (χ1v) is 42.5. The van der Waals surface area contributed by atoms with Gasteiger partial charge in [-0.2, -0.15) is 36.5 Å². The number of nitrogens with zero attached hydrogens (tertiary/aromatic N) is 13. The van der Waals surface area contributed by atoms with Crippen LogP contribution in [-0.4, -0.2) is 284 Å². The van der Waals surface area contributed by atoms with Crippen molar-refractivity contribution in [1.29, 1.82) is 0 Å². The molecule has 6 aromatic heterocycles. The quantitative estimate of drug-likeness (QED) is 0.0106. The van der Waals surface area contributed by atoms with Crippen molar-refractivity contribution in [1.82, 2.24) is 69.7 Å². The van der Waals surface area contributed by atoms with Gasteiger partial charge in [-0.1, -0.05) is 12.1 Å². The number of amides is 15. The number of rotatable bonds is 38. The van der Waals surface area contributed by atoms with Gasteiger partial charge in [-0.05, 0) is 131 Å². The van der Waals surface area contributed by atoms with Crippen LogP contribution < -0.4 is 53.6 Å². The molecule has 4 aromatic carbocycles. The van der Waals surface area contributed by atoms with Crippen LogP contribution in [0, 0.1) is 0 Å². The third kappa shape index (κ3) is 25.0. The number of pyridine rings is 2. The van der Waals surface area contributed by atoms with Gasteiger partial charge in [0.1, 0.15) is 54.9 Å². The van der Waals surface area contributed by atoms with E-state index in [0.29, 0.717) is 45.3 Å². The van der Waals surface area contributed by atoms with Gasteiger partial charge in [0.05, 0.1) is 110 Å². The summed E-state index contributed by atoms with van der Waals surface area (Å²) in [6, 6.07) is 24.9. The van der Waals surface area contributed by atoms with E-state index in [0.717, 1.165) is 34.6 Å². The van der Waals surface area contributed by atoms with Crippen LogP contribution in [0.2, 0.25) is 0 Å². The number of ether oxygens (including phenoxy) is 5. The molecule has 0 saturated carbocycles. The van der Waals surface area contributed by atoms with Crippen molar-refractivity contribution in [2.75, 3.05) is 138 Å². The van der Waals surface area contributed by atoms with Crippen LogP contribution in [0.25, 0.3) is 34.3 Å². The number of imide groups is 4. The number of nitrogens with one attached hydrogen (secondary N) is 7. The number of alkyl halides is 6. The molecule has 15 amide bonds. The SMILES string of the molecule is CN(CCOCCOCCNc1cccc2c1C(=O)N(C1CCC(=O)NC1=O)C2=O)C(=O)c1ccc(-n2cc(NC(=O)c3coc(-c4ccnc(N(CC(F)(F)F)C(=O)OC(C)(C)C)c4)n3)c(C(N)=O)n2)cc1.CN(CCOCCOCCNc1cccc2c1C(=O)N(C1CCC(=O)NC1=O)C2=O)C(=O)c1ccc(-n2cc(NC(=O)c3coc(-c4ccnc(NCC(F)(F)F)c4)n3)c(C(N)=O)n2)cc1. The summed E-state index contributed by atoms with van der Waals surface area (Å²) < 4.78 is 119. The highest BCUT2D eigenvalue weighted by atomic mass is 19.4. The van der Waals surface area contributed by atoms with E-state index in [4.69, 9.17) is 44.0 Å². The van der Waals surface area contributed by atoms with E-state index in [-0.39, 0.29) is 195 Å². The van der Waals surface area contributed by atoms with Gasteiger partial charge in [-0.15, -0.1) is 0 Å². The number of aromatic nitrogens is 8. The summed E-state index contributed by atoms with van der Waals surface area (Å²) in [7, 11) is 3.20. The van der Waals surface area contributed by atoms with E-state index in [1.165, 1.54) is 101 Å². The number of anilines is 6. The summed E-state index contributed by atoms with van der Waals surface area (Å²) >= 11 is 0. The molecule has 50 heteroatoms. The van der Waals surface area contributed by atoms with E-state index in [2.05, 4.69) is 67.4 Å². The van der Waals surface area contributed by atoms with Crippen molar-refractivity contribution in [3.63, 3.8) is 0 Å². The Kier molecular flexibility index (Phi) is 31.2. The lowest BCUT2D eigenvalue weighted by atomic mass is 10.0. The fourth-order valence-electron chi connectivity index (χ4n) is 14.3. The molecular formula is C89H88F6N22O22. The second-order valence-electron chi connectivity index (χ2n) is 32.1. The minimum absolute atomic E-state index is 0.0144. The molecule has 139 heavy (non-hydrogen) atoms. The van der Waals surface area contributed by atoms with Gasteiger partial charge in [-0.25, -0.2) is 34.1 Å². The van der Waals surface area contributed by atoms with E-state index < -0.39 is 126 Å². The number of benzene rings is 4. The first-order chi connectivity index (χ1) is 66.2. The van der Waals surface area contributed by atoms with Gasteiger partial charge >= 0.3 is 18.4 Å². The lowest BCUT2D eigenvalue weighted by Crippen LogP contribution is -2.54. The van der Waals surface area contributed by atoms with Crippen LogP contribution in [0.4, 0.5) is 65.5 Å². The zero-order valence-corrected chi connectivity index (χ0v) is 74.5. The Hall–Kier alpha value is -16.5. The molecular weight excluding hydrogens is 1840 g/mol. The molecule has 11 N–H and O–H groups in total. The Bertz CT molecular complexity index is 6390. The third-order valence-electron chi connectivity index (χ3n) is 21.0. The smallest absolute Gasteiger partial charge is 0.416 e. The van der Waals surface area contributed by atoms with Gasteiger partial charge < -0.3 is 80.4 Å². The molecule has 10 heterocycles. The second kappa shape index (κ2) is 43.4. The van der Waals surface area contributed by atoms with Crippen LogP contribution in [0.1, 0.15) is 151 Å². The molecule has 728 valence electrons. The Labute approximate surface area is 783 Å². The number of fused-ring (bicyclic) bond motifs is 2. The van der Waals surface area contributed by atoms with Crippen LogP contribution in [0.15, 0.2) is 155 Å². The van der Waals surface area contributed by atoms with Crippen molar-refractivity contribution in [2.24, 2.45) is 11.5 Å². The number of carbonyl (C=O) groups is 15.